The Kier molecular flexibility index (Phi) is 5.83. The van der Waals surface area contributed by atoms with Crippen molar-refractivity contribution in [1.82, 2.24) is 5.32 Å². The Labute approximate surface area is 133 Å². The van der Waals surface area contributed by atoms with Crippen LogP contribution in [0.1, 0.15) is 57.9 Å². The van der Waals surface area contributed by atoms with Crippen molar-refractivity contribution >= 4 is 5.71 Å². The van der Waals surface area contributed by atoms with Crippen LogP contribution in [0.4, 0.5) is 0 Å². The molecule has 4 nitrogen and oxygen atoms in total. The highest BCUT2D eigenvalue weighted by molar-refractivity contribution is 5.87. The number of nitrogens with zero attached hydrogens (tertiary/aromatic N) is 1. The molecule has 2 N–H and O–H groups in total. The van der Waals surface area contributed by atoms with E-state index in [0.29, 0.717) is 24.8 Å². The standard InChI is InChI=1S/C18H28N2O2/c1-18(2,3)19-12-15(20-21)13-22-17-11-7-6-10-16(17)14-8-4-5-9-14/h6-7,10-11,14,19,21H,4-5,8-9,12-13H2,1-3H3/b20-15-. The largest absolute Gasteiger partial charge is 0.487 e. The average molecular weight is 304 g/mol. The Hall–Kier alpha value is -1.55. The minimum Gasteiger partial charge on any atom is -0.487 e. The van der Waals surface area contributed by atoms with E-state index in [1.807, 2.05) is 12.1 Å². The molecular weight excluding hydrogens is 276 g/mol. The smallest absolute Gasteiger partial charge is 0.131 e. The van der Waals surface area contributed by atoms with Crippen molar-refractivity contribution in [2.24, 2.45) is 5.16 Å². The molecule has 0 bridgehead atoms. The molecule has 4 heteroatoms. The highest BCUT2D eigenvalue weighted by atomic mass is 16.5. The second kappa shape index (κ2) is 7.63. The summed E-state index contributed by atoms with van der Waals surface area (Å²) in [6, 6.07) is 8.24. The topological polar surface area (TPSA) is 53.8 Å². The van der Waals surface area contributed by atoms with Gasteiger partial charge in [-0.3, -0.25) is 0 Å². The summed E-state index contributed by atoms with van der Waals surface area (Å²) in [5, 5.41) is 15.8. The van der Waals surface area contributed by atoms with Gasteiger partial charge in [0.1, 0.15) is 18.1 Å². The molecule has 0 radical (unpaired) electrons. The monoisotopic (exact) mass is 304 g/mol. The fraction of sp³-hybridized carbons (Fsp3) is 0.611. The van der Waals surface area contributed by atoms with Gasteiger partial charge < -0.3 is 15.3 Å². The Bertz CT molecular complexity index is 500. The van der Waals surface area contributed by atoms with Crippen LogP contribution in [0, 0.1) is 0 Å². The number of benzene rings is 1. The van der Waals surface area contributed by atoms with Crippen molar-refractivity contribution in [3.05, 3.63) is 29.8 Å². The maximum atomic E-state index is 9.15. The lowest BCUT2D eigenvalue weighted by atomic mass is 9.97. The van der Waals surface area contributed by atoms with E-state index in [4.69, 9.17) is 9.94 Å². The van der Waals surface area contributed by atoms with E-state index in [2.05, 4.69) is 43.4 Å². The minimum absolute atomic E-state index is 0.0162. The van der Waals surface area contributed by atoms with E-state index in [-0.39, 0.29) is 5.54 Å². The molecule has 22 heavy (non-hydrogen) atoms. The first-order chi connectivity index (χ1) is 10.5. The quantitative estimate of drug-likeness (QED) is 0.475. The molecular formula is C18H28N2O2. The molecule has 1 saturated carbocycles. The summed E-state index contributed by atoms with van der Waals surface area (Å²) >= 11 is 0. The molecule has 0 unspecified atom stereocenters. The molecule has 1 aromatic rings. The van der Waals surface area contributed by atoms with Crippen molar-refractivity contribution in [2.75, 3.05) is 13.2 Å². The molecule has 122 valence electrons. The number of hydrogen-bond acceptors (Lipinski definition) is 4. The third-order valence-electron chi connectivity index (χ3n) is 4.07. The molecule has 1 fully saturated rings. The van der Waals surface area contributed by atoms with Crippen LogP contribution in [0.15, 0.2) is 29.4 Å². The van der Waals surface area contributed by atoms with Gasteiger partial charge in [0.2, 0.25) is 0 Å². The van der Waals surface area contributed by atoms with Crippen LogP contribution in [0.3, 0.4) is 0 Å². The zero-order chi connectivity index (χ0) is 16.0. The van der Waals surface area contributed by atoms with E-state index in [1.54, 1.807) is 0 Å². The Balaban J connectivity index is 1.95. The predicted molar refractivity (Wildman–Crippen MR) is 90.1 cm³/mol. The summed E-state index contributed by atoms with van der Waals surface area (Å²) in [5.41, 5.74) is 1.88. The van der Waals surface area contributed by atoms with Gasteiger partial charge in [-0.2, -0.15) is 0 Å². The van der Waals surface area contributed by atoms with Gasteiger partial charge in [-0.1, -0.05) is 36.2 Å². The number of nitrogens with one attached hydrogen (secondary N) is 1. The van der Waals surface area contributed by atoms with Gasteiger partial charge >= 0.3 is 0 Å². The summed E-state index contributed by atoms with van der Waals surface area (Å²) in [5.74, 6) is 1.53. The lowest BCUT2D eigenvalue weighted by Gasteiger charge is -2.21. The first-order valence-electron chi connectivity index (χ1n) is 8.16. The highest BCUT2D eigenvalue weighted by Gasteiger charge is 2.20. The summed E-state index contributed by atoms with van der Waals surface area (Å²) in [4.78, 5) is 0. The third kappa shape index (κ3) is 5.02. The molecule has 1 aliphatic carbocycles. The molecule has 0 aromatic heterocycles. The maximum Gasteiger partial charge on any atom is 0.131 e. The Morgan fingerprint density at radius 3 is 2.59 bits per heavy atom. The highest BCUT2D eigenvalue weighted by Crippen LogP contribution is 2.38. The second-order valence-corrected chi connectivity index (χ2v) is 7.08. The summed E-state index contributed by atoms with van der Waals surface area (Å²) < 4.78 is 5.94. The lowest BCUT2D eigenvalue weighted by Crippen LogP contribution is -2.40. The van der Waals surface area contributed by atoms with E-state index in [9.17, 15) is 0 Å². The summed E-state index contributed by atoms with van der Waals surface area (Å²) in [6.45, 7) is 7.07. The van der Waals surface area contributed by atoms with Crippen LogP contribution in [0.2, 0.25) is 0 Å². The molecule has 0 spiro atoms. The normalized spacial score (nSPS) is 17.0. The molecule has 0 atom stereocenters. The first kappa shape index (κ1) is 16.8. The van der Waals surface area contributed by atoms with Crippen LogP contribution < -0.4 is 10.1 Å². The SMILES string of the molecule is CC(C)(C)NC/C(COc1ccccc1C1CCCC1)=N/O. The van der Waals surface area contributed by atoms with E-state index >= 15 is 0 Å². The van der Waals surface area contributed by atoms with Gasteiger partial charge in [0.05, 0.1) is 0 Å². The molecule has 1 aliphatic rings. The van der Waals surface area contributed by atoms with Crippen molar-refractivity contribution in [3.8, 4) is 5.75 Å². The fourth-order valence-electron chi connectivity index (χ4n) is 2.83. The Morgan fingerprint density at radius 2 is 1.95 bits per heavy atom. The van der Waals surface area contributed by atoms with Gasteiger partial charge in [-0.05, 0) is 51.2 Å². The fourth-order valence-corrected chi connectivity index (χ4v) is 2.83. The minimum atomic E-state index is -0.0162. The van der Waals surface area contributed by atoms with Crippen molar-refractivity contribution in [3.63, 3.8) is 0 Å². The maximum absolute atomic E-state index is 9.15. The zero-order valence-electron chi connectivity index (χ0n) is 13.9. The Morgan fingerprint density at radius 1 is 1.27 bits per heavy atom. The van der Waals surface area contributed by atoms with E-state index in [0.717, 1.165) is 5.75 Å². The van der Waals surface area contributed by atoms with Gasteiger partial charge in [-0.25, -0.2) is 0 Å². The van der Waals surface area contributed by atoms with Crippen LogP contribution in [-0.2, 0) is 0 Å². The molecule has 0 saturated heterocycles. The average Bonchev–Trinajstić information content (AvgIpc) is 3.01. The van der Waals surface area contributed by atoms with Crippen LogP contribution in [0.5, 0.6) is 5.75 Å². The number of para-hydroxylation sites is 1. The summed E-state index contributed by atoms with van der Waals surface area (Å²) in [6.07, 6.45) is 5.09. The van der Waals surface area contributed by atoms with E-state index in [1.165, 1.54) is 31.2 Å². The van der Waals surface area contributed by atoms with E-state index < -0.39 is 0 Å². The molecule has 0 heterocycles. The van der Waals surface area contributed by atoms with Gasteiger partial charge in [0.25, 0.3) is 0 Å². The number of rotatable bonds is 6. The zero-order valence-corrected chi connectivity index (χ0v) is 13.9. The summed E-state index contributed by atoms with van der Waals surface area (Å²) in [7, 11) is 0. The van der Waals surface area contributed by atoms with Crippen LogP contribution in [-0.4, -0.2) is 29.6 Å². The van der Waals surface area contributed by atoms with Crippen molar-refractivity contribution in [2.45, 2.75) is 57.9 Å². The first-order valence-corrected chi connectivity index (χ1v) is 8.16. The predicted octanol–water partition coefficient (Wildman–Crippen LogP) is 3.94. The lowest BCUT2D eigenvalue weighted by molar-refractivity contribution is 0.302. The van der Waals surface area contributed by atoms with Gasteiger partial charge in [0.15, 0.2) is 0 Å². The van der Waals surface area contributed by atoms with Crippen molar-refractivity contribution < 1.29 is 9.94 Å². The molecule has 1 aromatic carbocycles. The molecule has 2 rings (SSSR count). The number of oxime groups is 1. The van der Waals surface area contributed by atoms with Crippen molar-refractivity contribution in [1.29, 1.82) is 0 Å². The second-order valence-electron chi connectivity index (χ2n) is 7.08. The van der Waals surface area contributed by atoms with Crippen LogP contribution >= 0.6 is 0 Å². The third-order valence-corrected chi connectivity index (χ3v) is 4.07. The van der Waals surface area contributed by atoms with Crippen LogP contribution in [0.25, 0.3) is 0 Å². The van der Waals surface area contributed by atoms with Gasteiger partial charge in [0, 0.05) is 12.1 Å². The molecule has 0 amide bonds. The van der Waals surface area contributed by atoms with Gasteiger partial charge in [-0.15, -0.1) is 0 Å². The molecule has 0 aliphatic heterocycles. The number of ether oxygens (including phenoxy) is 1. The number of hydrogen-bond donors (Lipinski definition) is 2.